The summed E-state index contributed by atoms with van der Waals surface area (Å²) < 4.78 is 0. The van der Waals surface area contributed by atoms with Crippen LogP contribution in [-0.2, 0) is 4.79 Å². The fraction of sp³-hybridized carbons (Fsp3) is 0.211. The maximum absolute atomic E-state index is 11.3. The fourth-order valence-corrected chi connectivity index (χ4v) is 2.71. The predicted molar refractivity (Wildman–Crippen MR) is 94.9 cm³/mol. The Labute approximate surface area is 140 Å². The highest BCUT2D eigenvalue weighted by molar-refractivity contribution is 5.81. The van der Waals surface area contributed by atoms with Crippen LogP contribution in [0.2, 0.25) is 0 Å². The van der Waals surface area contributed by atoms with Gasteiger partial charge in [-0.25, -0.2) is 0 Å². The minimum Gasteiger partial charge on any atom is -0.371 e. The lowest BCUT2D eigenvalue weighted by atomic mass is 10.1. The molecule has 1 aliphatic rings. The van der Waals surface area contributed by atoms with E-state index in [0.29, 0.717) is 18.6 Å². The zero-order valence-electron chi connectivity index (χ0n) is 13.2. The van der Waals surface area contributed by atoms with Gasteiger partial charge in [-0.3, -0.25) is 14.9 Å². The normalized spacial score (nSPS) is 15.0. The number of Topliss-reactive ketones (excluding diaryl/α,β-unsaturated/α-hetero) is 1. The van der Waals surface area contributed by atoms with E-state index in [4.69, 9.17) is 0 Å². The molecule has 0 amide bonds. The molecule has 1 fully saturated rings. The van der Waals surface area contributed by atoms with E-state index in [1.807, 2.05) is 24.3 Å². The molecule has 1 aliphatic heterocycles. The number of carbonyl (C=O) groups excluding carboxylic acids is 1. The number of hydrogen-bond donors (Lipinski definition) is 0. The standard InChI is InChI=1S/C19H18N2O3/c22-19-11-13-20(14-12-19)17-7-3-15(4-8-17)1-2-16-5-9-18(10-6-16)21(23)24/h1-10H,11-14H2. The minimum atomic E-state index is -0.402. The number of nitro benzene ring substituents is 1. The molecule has 2 aromatic carbocycles. The van der Waals surface area contributed by atoms with Gasteiger partial charge in [0.1, 0.15) is 5.78 Å². The lowest BCUT2D eigenvalue weighted by Crippen LogP contribution is -2.33. The molecule has 24 heavy (non-hydrogen) atoms. The summed E-state index contributed by atoms with van der Waals surface area (Å²) in [4.78, 5) is 23.8. The third kappa shape index (κ3) is 3.87. The van der Waals surface area contributed by atoms with Gasteiger partial charge in [0.2, 0.25) is 0 Å². The molecule has 1 heterocycles. The van der Waals surface area contributed by atoms with Crippen LogP contribution < -0.4 is 4.90 Å². The Morgan fingerprint density at radius 2 is 1.38 bits per heavy atom. The van der Waals surface area contributed by atoms with Gasteiger partial charge in [0, 0.05) is 43.8 Å². The molecule has 0 aliphatic carbocycles. The number of non-ortho nitro benzene ring substituents is 1. The summed E-state index contributed by atoms with van der Waals surface area (Å²) >= 11 is 0. The van der Waals surface area contributed by atoms with E-state index in [1.165, 1.54) is 12.1 Å². The topological polar surface area (TPSA) is 63.5 Å². The summed E-state index contributed by atoms with van der Waals surface area (Å²) in [5, 5.41) is 10.6. The van der Waals surface area contributed by atoms with Crippen LogP contribution in [0.1, 0.15) is 24.0 Å². The van der Waals surface area contributed by atoms with Crippen molar-refractivity contribution in [2.45, 2.75) is 12.8 Å². The van der Waals surface area contributed by atoms with Gasteiger partial charge in [-0.05, 0) is 35.4 Å². The number of benzene rings is 2. The molecule has 0 N–H and O–H groups in total. The van der Waals surface area contributed by atoms with Crippen molar-refractivity contribution in [2.75, 3.05) is 18.0 Å². The second-order valence-electron chi connectivity index (χ2n) is 5.80. The Balaban J connectivity index is 1.65. The fourth-order valence-electron chi connectivity index (χ4n) is 2.71. The smallest absolute Gasteiger partial charge is 0.269 e. The number of rotatable bonds is 4. The van der Waals surface area contributed by atoms with Gasteiger partial charge in [-0.15, -0.1) is 0 Å². The molecular formula is C19H18N2O3. The van der Waals surface area contributed by atoms with Gasteiger partial charge in [-0.2, -0.15) is 0 Å². The quantitative estimate of drug-likeness (QED) is 0.486. The molecule has 0 atom stereocenters. The first kappa shape index (κ1) is 15.9. The van der Waals surface area contributed by atoms with Crippen LogP contribution in [0.25, 0.3) is 12.2 Å². The largest absolute Gasteiger partial charge is 0.371 e. The second kappa shape index (κ2) is 7.08. The Morgan fingerprint density at radius 1 is 0.875 bits per heavy atom. The van der Waals surface area contributed by atoms with Crippen molar-refractivity contribution in [1.29, 1.82) is 0 Å². The zero-order chi connectivity index (χ0) is 16.9. The Hall–Kier alpha value is -2.95. The summed E-state index contributed by atoms with van der Waals surface area (Å²) in [5.41, 5.74) is 3.20. The van der Waals surface area contributed by atoms with Crippen molar-refractivity contribution < 1.29 is 9.72 Å². The first-order valence-corrected chi connectivity index (χ1v) is 7.91. The van der Waals surface area contributed by atoms with E-state index in [2.05, 4.69) is 17.0 Å². The van der Waals surface area contributed by atoms with Gasteiger partial charge in [-0.1, -0.05) is 24.3 Å². The molecule has 3 rings (SSSR count). The van der Waals surface area contributed by atoms with Gasteiger partial charge in [0.25, 0.3) is 5.69 Å². The van der Waals surface area contributed by atoms with Crippen LogP contribution in [0.5, 0.6) is 0 Å². The van der Waals surface area contributed by atoms with E-state index >= 15 is 0 Å². The Bertz CT molecular complexity index is 754. The average molecular weight is 322 g/mol. The van der Waals surface area contributed by atoms with Crippen molar-refractivity contribution in [3.8, 4) is 0 Å². The van der Waals surface area contributed by atoms with Gasteiger partial charge < -0.3 is 4.90 Å². The lowest BCUT2D eigenvalue weighted by Gasteiger charge is -2.28. The third-order valence-corrected chi connectivity index (χ3v) is 4.15. The second-order valence-corrected chi connectivity index (χ2v) is 5.80. The molecule has 1 saturated heterocycles. The van der Waals surface area contributed by atoms with Crippen LogP contribution >= 0.6 is 0 Å². The molecule has 5 heteroatoms. The first-order valence-electron chi connectivity index (χ1n) is 7.91. The SMILES string of the molecule is O=C1CCN(c2ccc(C=Cc3ccc([N+](=O)[O-])cc3)cc2)CC1. The van der Waals surface area contributed by atoms with E-state index in [9.17, 15) is 14.9 Å². The molecule has 2 aromatic rings. The van der Waals surface area contributed by atoms with E-state index < -0.39 is 4.92 Å². The number of anilines is 1. The number of piperidine rings is 1. The van der Waals surface area contributed by atoms with E-state index in [-0.39, 0.29) is 5.69 Å². The summed E-state index contributed by atoms with van der Waals surface area (Å²) in [6, 6.07) is 14.7. The predicted octanol–water partition coefficient (Wildman–Crippen LogP) is 3.93. The van der Waals surface area contributed by atoms with E-state index in [0.717, 1.165) is 29.9 Å². The van der Waals surface area contributed by atoms with Crippen molar-refractivity contribution in [2.24, 2.45) is 0 Å². The summed E-state index contributed by atoms with van der Waals surface area (Å²) in [6.07, 6.45) is 5.16. The highest BCUT2D eigenvalue weighted by Gasteiger charge is 2.15. The molecule has 0 spiro atoms. The third-order valence-electron chi connectivity index (χ3n) is 4.15. The maximum Gasteiger partial charge on any atom is 0.269 e. The van der Waals surface area contributed by atoms with Gasteiger partial charge in [0.15, 0.2) is 0 Å². The van der Waals surface area contributed by atoms with Gasteiger partial charge in [0.05, 0.1) is 4.92 Å². The molecule has 0 bridgehead atoms. The average Bonchev–Trinajstić information content (AvgIpc) is 2.61. The van der Waals surface area contributed by atoms with Crippen LogP contribution in [-0.4, -0.2) is 23.8 Å². The number of hydrogen-bond acceptors (Lipinski definition) is 4. The molecule has 122 valence electrons. The lowest BCUT2D eigenvalue weighted by molar-refractivity contribution is -0.384. The van der Waals surface area contributed by atoms with E-state index in [1.54, 1.807) is 12.1 Å². The highest BCUT2D eigenvalue weighted by atomic mass is 16.6. The molecule has 0 unspecified atom stereocenters. The monoisotopic (exact) mass is 322 g/mol. The Kier molecular flexibility index (Phi) is 4.70. The van der Waals surface area contributed by atoms with Crippen molar-refractivity contribution in [3.05, 3.63) is 69.8 Å². The highest BCUT2D eigenvalue weighted by Crippen LogP contribution is 2.20. The number of nitrogens with zero attached hydrogens (tertiary/aromatic N) is 2. The first-order chi connectivity index (χ1) is 11.6. The molecular weight excluding hydrogens is 304 g/mol. The maximum atomic E-state index is 11.3. The number of carbonyl (C=O) groups is 1. The molecule has 5 nitrogen and oxygen atoms in total. The summed E-state index contributed by atoms with van der Waals surface area (Å²) in [5.74, 6) is 0.342. The molecule has 0 radical (unpaired) electrons. The summed E-state index contributed by atoms with van der Waals surface area (Å²) in [6.45, 7) is 1.58. The van der Waals surface area contributed by atoms with Crippen LogP contribution in [0.3, 0.4) is 0 Å². The van der Waals surface area contributed by atoms with Crippen molar-refractivity contribution in [1.82, 2.24) is 0 Å². The van der Waals surface area contributed by atoms with Crippen molar-refractivity contribution >= 4 is 29.3 Å². The summed E-state index contributed by atoms with van der Waals surface area (Å²) in [7, 11) is 0. The van der Waals surface area contributed by atoms with Crippen molar-refractivity contribution in [3.63, 3.8) is 0 Å². The Morgan fingerprint density at radius 3 is 1.88 bits per heavy atom. The van der Waals surface area contributed by atoms with Gasteiger partial charge >= 0.3 is 0 Å². The molecule has 0 saturated carbocycles. The minimum absolute atomic E-state index is 0.0940. The molecule has 0 aromatic heterocycles. The number of nitro groups is 1. The van der Waals surface area contributed by atoms with Crippen LogP contribution in [0, 0.1) is 10.1 Å². The number of ketones is 1. The van der Waals surface area contributed by atoms with Crippen LogP contribution in [0.4, 0.5) is 11.4 Å². The zero-order valence-corrected chi connectivity index (χ0v) is 13.2. The van der Waals surface area contributed by atoms with Crippen LogP contribution in [0.15, 0.2) is 48.5 Å².